The van der Waals surface area contributed by atoms with Gasteiger partial charge < -0.3 is 43.5 Å². The van der Waals surface area contributed by atoms with Crippen molar-refractivity contribution in [1.82, 2.24) is 54.1 Å². The molecule has 11 aromatic rings. The maximum absolute atomic E-state index is 12.9. The Hall–Kier alpha value is -7.35. The van der Waals surface area contributed by atoms with Gasteiger partial charge in [-0.3, -0.25) is 28.3 Å². The number of aromatic nitrogens is 11. The van der Waals surface area contributed by atoms with E-state index >= 15 is 0 Å². The molecule has 2 unspecified atom stereocenters. The van der Waals surface area contributed by atoms with Gasteiger partial charge in [0.15, 0.2) is 0 Å². The average molecular weight is 1960 g/mol. The lowest BCUT2D eigenvalue weighted by Gasteiger charge is -2.32. The van der Waals surface area contributed by atoms with E-state index in [1.54, 1.807) is 102 Å². The Morgan fingerprint density at radius 2 is 0.927 bits per heavy atom. The first-order chi connectivity index (χ1) is 59.5. The van der Waals surface area contributed by atoms with Crippen LogP contribution < -0.4 is 30.1 Å². The van der Waals surface area contributed by atoms with Gasteiger partial charge in [-0.1, -0.05) is 108 Å². The monoisotopic (exact) mass is 1960 g/mol. The molecule has 0 saturated carbocycles. The van der Waals surface area contributed by atoms with Crippen LogP contribution in [0.3, 0.4) is 0 Å². The minimum Gasteiger partial charge on any atom is -0.497 e. The summed E-state index contributed by atoms with van der Waals surface area (Å²) >= 11 is 16.3. The molecule has 1 saturated heterocycles. The number of halogens is 2. The van der Waals surface area contributed by atoms with Gasteiger partial charge in [-0.05, 0) is 198 Å². The summed E-state index contributed by atoms with van der Waals surface area (Å²) in [5.74, 6) is 5.10. The minimum absolute atomic E-state index is 0.102. The molecule has 4 aromatic carbocycles. The van der Waals surface area contributed by atoms with E-state index in [1.165, 1.54) is 59.3 Å². The normalized spacial score (nSPS) is 13.0. The number of benzene rings is 4. The summed E-state index contributed by atoms with van der Waals surface area (Å²) in [5, 5.41) is 20.1. The van der Waals surface area contributed by atoms with Gasteiger partial charge in [0, 0.05) is 117 Å². The quantitative estimate of drug-likeness (QED) is 0.0213. The molecule has 2 atom stereocenters. The van der Waals surface area contributed by atoms with Crippen molar-refractivity contribution in [2.24, 2.45) is 17.6 Å². The maximum atomic E-state index is 12.9. The van der Waals surface area contributed by atoms with Gasteiger partial charge >= 0.3 is 19.1 Å². The van der Waals surface area contributed by atoms with Crippen molar-refractivity contribution in [3.05, 3.63) is 164 Å². The van der Waals surface area contributed by atoms with Gasteiger partial charge in [0.25, 0.3) is 0 Å². The number of hydrogen-bond acceptors (Lipinski definition) is 26. The number of methoxy groups -OCH3 is 4. The van der Waals surface area contributed by atoms with Crippen LogP contribution in [0.5, 0.6) is 23.0 Å². The number of carbonyl (C=O) groups excluding carboxylic acids is 2. The van der Waals surface area contributed by atoms with Gasteiger partial charge in [-0.15, -0.1) is 57.5 Å². The number of aryl methyl sites for hydroxylation is 6. The number of carbonyl (C=O) groups is 2. The van der Waals surface area contributed by atoms with Crippen molar-refractivity contribution in [3.63, 3.8) is 0 Å². The lowest BCUT2D eigenvalue weighted by Crippen LogP contribution is -2.41. The van der Waals surface area contributed by atoms with E-state index in [2.05, 4.69) is 182 Å². The van der Waals surface area contributed by atoms with Crippen LogP contribution in [0, 0.1) is 11.8 Å². The van der Waals surface area contributed by atoms with Crippen LogP contribution in [0.15, 0.2) is 177 Å². The third-order valence-corrected chi connectivity index (χ3v) is 29.6. The first-order valence-electron chi connectivity index (χ1n) is 42.1. The summed E-state index contributed by atoms with van der Waals surface area (Å²) in [6.45, 7) is 33.9. The third kappa shape index (κ3) is 33.4. The van der Waals surface area contributed by atoms with Crippen LogP contribution in [0.25, 0.3) is 33.4 Å². The molecule has 0 spiro atoms. The largest absolute Gasteiger partial charge is 0.498 e. The van der Waals surface area contributed by atoms with Crippen LogP contribution in [-0.4, -0.2) is 146 Å². The van der Waals surface area contributed by atoms with Crippen LogP contribution in [0.4, 0.5) is 0 Å². The Balaban J connectivity index is 0.000000210. The number of sulfone groups is 1. The Labute approximate surface area is 776 Å². The Bertz CT molecular complexity index is 5130. The predicted molar refractivity (Wildman–Crippen MR) is 513 cm³/mol. The number of thiazole rings is 3. The summed E-state index contributed by atoms with van der Waals surface area (Å²) in [6.07, 6.45) is 32.4. The highest BCUT2D eigenvalue weighted by molar-refractivity contribution is 9.11. The lowest BCUT2D eigenvalue weighted by atomic mass is 9.82. The third-order valence-electron chi connectivity index (χ3n) is 20.2. The molecule has 0 radical (unpaired) electrons. The number of nitrogens with zero attached hydrogens (tertiary/aromatic N) is 11. The highest BCUT2D eigenvalue weighted by atomic mass is 79.9. The van der Waals surface area contributed by atoms with Crippen molar-refractivity contribution < 1.29 is 55.7 Å². The summed E-state index contributed by atoms with van der Waals surface area (Å²) in [6, 6.07) is 23.2. The molecule has 0 amide bonds. The fourth-order valence-corrected chi connectivity index (χ4v) is 20.1. The van der Waals surface area contributed by atoms with Crippen LogP contribution in [-0.2, 0) is 83.8 Å². The smallest absolute Gasteiger partial charge is 0.497 e. The summed E-state index contributed by atoms with van der Waals surface area (Å²) in [7, 11) is 2.52. The Morgan fingerprint density at radius 3 is 1.34 bits per heavy atom. The Morgan fingerprint density at radius 1 is 0.500 bits per heavy atom. The van der Waals surface area contributed by atoms with Gasteiger partial charge in [-0.2, -0.15) is 20.4 Å². The number of hydrogen-bond donors (Lipinski definition) is 1. The van der Waals surface area contributed by atoms with Crippen molar-refractivity contribution >= 4 is 136 Å². The number of thioether (sulfide) groups is 2. The number of nitrogens with two attached hydrogens (primary N) is 1. The maximum Gasteiger partial charge on any atom is 0.498 e. The van der Waals surface area contributed by atoms with E-state index in [4.69, 9.17) is 43.5 Å². The minimum atomic E-state index is -3.70. The summed E-state index contributed by atoms with van der Waals surface area (Å²) in [4.78, 5) is 40.0. The van der Waals surface area contributed by atoms with Crippen molar-refractivity contribution in [1.29, 1.82) is 0 Å². The number of ether oxygens (including phenoxy) is 6. The molecule has 0 bridgehead atoms. The van der Waals surface area contributed by atoms with Gasteiger partial charge in [0.05, 0.1) is 126 Å². The van der Waals surface area contributed by atoms with E-state index in [0.717, 1.165) is 155 Å². The molecule has 2 N–H and O–H groups in total. The van der Waals surface area contributed by atoms with E-state index < -0.39 is 9.84 Å². The molecule has 12 rings (SSSR count). The molecular formula is C90H123BBr2N12O12S7. The van der Waals surface area contributed by atoms with E-state index in [9.17, 15) is 18.0 Å². The zero-order valence-corrected chi connectivity index (χ0v) is 83.8. The molecule has 124 heavy (non-hydrogen) atoms. The Kier molecular flexibility index (Phi) is 44.7. The molecular weight excluding hydrogens is 1840 g/mol. The molecule has 8 heterocycles. The zero-order valence-electron chi connectivity index (χ0n) is 74.9. The molecule has 0 aliphatic carbocycles. The van der Waals surface area contributed by atoms with Crippen LogP contribution in [0.2, 0.25) is 0 Å². The van der Waals surface area contributed by atoms with E-state index in [0.29, 0.717) is 60.2 Å². The number of unbranched alkanes of at least 4 members (excludes halogenated alkanes) is 2. The SMILES string of the molecule is CCCCC(CC)COC(=O)CCSc1cc(Br)cc(OC)c1.CCCCC(CC)COC(=O)CCSc1cc(OC)cc(-c2cnn(CC)c2)c1.CCc1ncc(Br)s1.CCc1ncc(Sc2cc(OC)cc(-c3cnn(CC)c3)c2)s1.CCn1cc(-c2cc(OC)cc(S(=O)(=O)c3cnc(CN)s3)c2)cn1.CCn1cc(B2OC(C)(C)C(C)(C)O2)cn1. The first-order valence-corrected chi connectivity index (χ1v) is 50.4. The predicted octanol–water partition coefficient (Wildman–Crippen LogP) is 22.3. The zero-order chi connectivity index (χ0) is 90.4. The second-order valence-electron chi connectivity index (χ2n) is 29.6. The average Bonchev–Trinajstić information content (AvgIpc) is 1.69. The second kappa shape index (κ2) is 53.5. The van der Waals surface area contributed by atoms with E-state index in [-0.39, 0.29) is 45.9 Å². The highest BCUT2D eigenvalue weighted by Crippen LogP contribution is 2.40. The lowest BCUT2D eigenvalue weighted by molar-refractivity contribution is -0.145. The van der Waals surface area contributed by atoms with Crippen molar-refractivity contribution in [2.75, 3.05) is 53.2 Å². The molecule has 1 aliphatic rings. The fraction of sp³-hybridized carbons (Fsp3) is 0.478. The van der Waals surface area contributed by atoms with Crippen molar-refractivity contribution in [2.45, 2.75) is 246 Å². The van der Waals surface area contributed by atoms with Crippen LogP contribution in [0.1, 0.15) is 176 Å². The molecule has 7 aromatic heterocycles. The molecule has 24 nitrogen and oxygen atoms in total. The molecule has 1 aliphatic heterocycles. The van der Waals surface area contributed by atoms with Gasteiger partial charge in [0.2, 0.25) is 9.84 Å². The molecule has 1 fully saturated rings. The summed E-state index contributed by atoms with van der Waals surface area (Å²) < 4.78 is 81.0. The topological polar surface area (TPSA) is 278 Å². The highest BCUT2D eigenvalue weighted by Gasteiger charge is 2.52. The summed E-state index contributed by atoms with van der Waals surface area (Å²) in [5.41, 5.74) is 11.8. The molecule has 674 valence electrons. The van der Waals surface area contributed by atoms with Crippen LogP contribution >= 0.6 is 101 Å². The fourth-order valence-electron chi connectivity index (χ4n) is 11.9. The van der Waals surface area contributed by atoms with Gasteiger partial charge in [-0.25, -0.2) is 23.4 Å². The van der Waals surface area contributed by atoms with E-state index in [1.807, 2.05) is 107 Å². The number of esters is 2. The number of rotatable bonds is 39. The second-order valence-corrected chi connectivity index (χ2v) is 41.1. The molecule has 34 heteroatoms. The van der Waals surface area contributed by atoms with Gasteiger partial charge in [0.1, 0.15) is 32.2 Å². The standard InChI is InChI=1S/C23H34N2O3S.C18H27BrO3S.C17H19N3OS2.C16H18N4O3S2.C11H19BN2O2.C5H6BrNS/c1-5-8-9-18(6-2)17-28-23(26)10-11-29-22-13-19(12-21(14-22)27-4)20-15-24-25(7-3)16-20;1-4-6-7-14(5-2)13-22-18(20)8-9-23-17-11-15(19)10-16(12-17)21-3;1-4-16-18-10-17(23-16)22-15-7-12(6-14(8-15)21-3)13-9-19-20(5-2)11-13;1-3-20-10-12(8-19-20)11-4-13(23-2)6-14(5-11)25(21,22)16-9-18-15(7-17)24-16;1-6-14-8-9(7-13-14)12-15-10(2,3)11(4,5)16-12;1-2-5-7-3-4(6)8-5/h12-16,18H,5-11,17H2,1-4H3;10-12,14H,4-9,13H2,1-3H3;6-11H,4-5H2,1-3H3;4-6,8-10H,3,7,17H2,1-2H3;7-8H,6H2,1-5H3;3H,2H2,1H3. The first kappa shape index (κ1) is 104. The van der Waals surface area contributed by atoms with Crippen molar-refractivity contribution in [3.8, 4) is 56.4 Å².